The summed E-state index contributed by atoms with van der Waals surface area (Å²) in [6.45, 7) is 4.26. The molecule has 1 aromatic carbocycles. The number of aryl methyl sites for hydroxylation is 2. The van der Waals surface area contributed by atoms with Crippen LogP contribution in [0.1, 0.15) is 66.5 Å². The Morgan fingerprint density at radius 2 is 1.82 bits per heavy atom. The maximum absolute atomic E-state index is 14.8. The van der Waals surface area contributed by atoms with E-state index < -0.39 is 11.6 Å². The minimum absolute atomic E-state index is 0.00177. The summed E-state index contributed by atoms with van der Waals surface area (Å²) in [4.78, 5) is 18.7. The van der Waals surface area contributed by atoms with Gasteiger partial charge in [-0.1, -0.05) is 0 Å². The first kappa shape index (κ1) is 21.2. The second-order valence-corrected chi connectivity index (χ2v) is 9.19. The van der Waals surface area contributed by atoms with Crippen LogP contribution in [0.5, 0.6) is 0 Å². The van der Waals surface area contributed by atoms with Gasteiger partial charge in [0.05, 0.1) is 29.7 Å². The molecule has 2 unspecified atom stereocenters. The van der Waals surface area contributed by atoms with E-state index in [1.807, 2.05) is 24.7 Å². The first-order chi connectivity index (χ1) is 16.5. The molecule has 4 heterocycles. The lowest BCUT2D eigenvalue weighted by Crippen LogP contribution is -2.20. The molecule has 0 amide bonds. The van der Waals surface area contributed by atoms with Crippen molar-refractivity contribution in [3.05, 3.63) is 65.0 Å². The molecule has 2 aliphatic rings. The molecule has 0 spiro atoms. The second-order valence-electron chi connectivity index (χ2n) is 9.19. The molecule has 3 aromatic heterocycles. The highest BCUT2D eigenvalue weighted by atomic mass is 19.1. The second kappa shape index (κ2) is 8.16. The maximum Gasteiger partial charge on any atom is 0.182 e. The van der Waals surface area contributed by atoms with Crippen molar-refractivity contribution in [2.45, 2.75) is 57.6 Å². The van der Waals surface area contributed by atoms with Gasteiger partial charge >= 0.3 is 0 Å². The Balaban J connectivity index is 1.41. The first-order valence-corrected chi connectivity index (χ1v) is 11.6. The minimum atomic E-state index is -0.691. The van der Waals surface area contributed by atoms with Crippen LogP contribution in [0.2, 0.25) is 0 Å². The van der Waals surface area contributed by atoms with Crippen molar-refractivity contribution in [1.82, 2.24) is 29.7 Å². The highest BCUT2D eigenvalue weighted by Gasteiger charge is 2.31. The zero-order valence-corrected chi connectivity index (χ0v) is 19.0. The lowest BCUT2D eigenvalue weighted by Gasteiger charge is -2.28. The molecule has 4 aromatic rings. The van der Waals surface area contributed by atoms with Gasteiger partial charge in [-0.2, -0.15) is 5.10 Å². The third-order valence-corrected chi connectivity index (χ3v) is 6.71. The van der Waals surface area contributed by atoms with Crippen molar-refractivity contribution in [3.8, 4) is 11.3 Å². The van der Waals surface area contributed by atoms with Crippen LogP contribution in [0.25, 0.3) is 22.4 Å². The molecule has 0 radical (unpaired) electrons. The van der Waals surface area contributed by atoms with E-state index in [0.717, 1.165) is 23.7 Å². The molecule has 0 bridgehead atoms. The van der Waals surface area contributed by atoms with Gasteiger partial charge in [-0.3, -0.25) is 4.68 Å². The van der Waals surface area contributed by atoms with Crippen LogP contribution < -0.4 is 0 Å². The van der Waals surface area contributed by atoms with E-state index in [0.29, 0.717) is 47.4 Å². The van der Waals surface area contributed by atoms with Crippen molar-refractivity contribution in [1.29, 1.82) is 0 Å². The van der Waals surface area contributed by atoms with E-state index in [1.165, 1.54) is 25.0 Å². The van der Waals surface area contributed by atoms with Gasteiger partial charge in [0.2, 0.25) is 0 Å². The molecule has 174 valence electrons. The molecule has 2 fully saturated rings. The maximum atomic E-state index is 14.8. The van der Waals surface area contributed by atoms with E-state index in [9.17, 15) is 8.78 Å². The summed E-state index contributed by atoms with van der Waals surface area (Å²) in [7, 11) is 0. The van der Waals surface area contributed by atoms with Crippen LogP contribution in [0.3, 0.4) is 0 Å². The Hall–Kier alpha value is -3.33. The van der Waals surface area contributed by atoms with E-state index in [4.69, 9.17) is 14.7 Å². The summed E-state index contributed by atoms with van der Waals surface area (Å²) in [5.41, 5.74) is 3.85. The Bertz CT molecular complexity index is 1400. The summed E-state index contributed by atoms with van der Waals surface area (Å²) < 4.78 is 36.5. The summed E-state index contributed by atoms with van der Waals surface area (Å²) in [6, 6.07) is 3.99. The van der Waals surface area contributed by atoms with Gasteiger partial charge in [0.15, 0.2) is 5.65 Å². The number of nitrogens with zero attached hydrogens (tertiary/aromatic N) is 6. The van der Waals surface area contributed by atoms with Gasteiger partial charge in [0.25, 0.3) is 0 Å². The number of halogens is 2. The van der Waals surface area contributed by atoms with Crippen LogP contribution in [-0.2, 0) is 4.74 Å². The summed E-state index contributed by atoms with van der Waals surface area (Å²) >= 11 is 0. The van der Waals surface area contributed by atoms with Gasteiger partial charge in [0, 0.05) is 35.9 Å². The van der Waals surface area contributed by atoms with Crippen molar-refractivity contribution < 1.29 is 13.5 Å². The fourth-order valence-corrected chi connectivity index (χ4v) is 4.50. The van der Waals surface area contributed by atoms with Gasteiger partial charge in [-0.15, -0.1) is 0 Å². The molecule has 7 nitrogen and oxygen atoms in total. The molecule has 1 saturated carbocycles. The van der Waals surface area contributed by atoms with Crippen molar-refractivity contribution in [2.24, 2.45) is 0 Å². The van der Waals surface area contributed by atoms with Crippen molar-refractivity contribution in [2.75, 3.05) is 6.61 Å². The zero-order chi connectivity index (χ0) is 23.4. The standard InChI is InChI=1S/C25H24F2N6O/c1-13-14(2)30-25-23(29-13)22(19-6-3-17(26)10-20(19)27)31-24(32-25)15-7-8-34-21(9-15)16-11-28-33(12-16)18-4-5-18/h3,6,10-12,15,18,21H,4-5,7-9H2,1-2H3. The van der Waals surface area contributed by atoms with Crippen molar-refractivity contribution >= 4 is 11.2 Å². The molecule has 2 atom stereocenters. The zero-order valence-electron chi connectivity index (χ0n) is 19.0. The topological polar surface area (TPSA) is 78.6 Å². The number of aromatic nitrogens is 6. The third kappa shape index (κ3) is 3.83. The molecular formula is C25H24F2N6O. The fourth-order valence-electron chi connectivity index (χ4n) is 4.50. The number of rotatable bonds is 4. The van der Waals surface area contributed by atoms with Gasteiger partial charge in [-0.05, 0) is 51.7 Å². The van der Waals surface area contributed by atoms with Gasteiger partial charge in [-0.25, -0.2) is 28.7 Å². The first-order valence-electron chi connectivity index (χ1n) is 11.6. The molecule has 34 heavy (non-hydrogen) atoms. The Kier molecular flexibility index (Phi) is 5.09. The molecule has 1 saturated heterocycles. The molecule has 1 aliphatic carbocycles. The lowest BCUT2D eigenvalue weighted by atomic mass is 9.92. The lowest BCUT2D eigenvalue weighted by molar-refractivity contribution is 0.00396. The summed E-state index contributed by atoms with van der Waals surface area (Å²) in [6.07, 6.45) is 7.61. The Morgan fingerprint density at radius 1 is 1.00 bits per heavy atom. The number of benzene rings is 1. The van der Waals surface area contributed by atoms with Crippen molar-refractivity contribution in [3.63, 3.8) is 0 Å². The van der Waals surface area contributed by atoms with E-state index in [-0.39, 0.29) is 17.6 Å². The van der Waals surface area contributed by atoms with E-state index in [2.05, 4.69) is 21.3 Å². The van der Waals surface area contributed by atoms with Crippen LogP contribution in [-0.4, -0.2) is 36.3 Å². The van der Waals surface area contributed by atoms with Crippen LogP contribution in [0.15, 0.2) is 30.6 Å². The minimum Gasteiger partial charge on any atom is -0.373 e. The predicted octanol–water partition coefficient (Wildman–Crippen LogP) is 5.15. The number of ether oxygens (including phenoxy) is 1. The van der Waals surface area contributed by atoms with Gasteiger partial charge < -0.3 is 4.74 Å². The van der Waals surface area contributed by atoms with Crippen LogP contribution in [0.4, 0.5) is 8.78 Å². The number of hydrogen-bond acceptors (Lipinski definition) is 6. The van der Waals surface area contributed by atoms with Crippen LogP contribution >= 0.6 is 0 Å². The average Bonchev–Trinajstić information content (AvgIpc) is 3.56. The highest BCUT2D eigenvalue weighted by molar-refractivity contribution is 5.87. The largest absolute Gasteiger partial charge is 0.373 e. The SMILES string of the molecule is Cc1nc2nc(C3CCOC(c4cnn(C5CC5)c4)C3)nc(-c3ccc(F)cc3F)c2nc1C. The summed E-state index contributed by atoms with van der Waals surface area (Å²) in [5.74, 6) is -0.759. The average molecular weight is 463 g/mol. The van der Waals surface area contributed by atoms with E-state index >= 15 is 0 Å². The molecule has 9 heteroatoms. The Labute approximate surface area is 195 Å². The number of hydrogen-bond donors (Lipinski definition) is 0. The highest BCUT2D eigenvalue weighted by Crippen LogP contribution is 2.40. The van der Waals surface area contributed by atoms with Crippen LogP contribution in [0, 0.1) is 25.5 Å². The quantitative estimate of drug-likeness (QED) is 0.417. The smallest absolute Gasteiger partial charge is 0.182 e. The Morgan fingerprint density at radius 3 is 2.62 bits per heavy atom. The molecule has 1 aliphatic heterocycles. The van der Waals surface area contributed by atoms with E-state index in [1.54, 1.807) is 0 Å². The fraction of sp³-hybridized carbons (Fsp3) is 0.400. The predicted molar refractivity (Wildman–Crippen MR) is 121 cm³/mol. The van der Waals surface area contributed by atoms with Gasteiger partial charge in [0.1, 0.15) is 28.7 Å². The molecular weight excluding hydrogens is 438 g/mol. The molecule has 0 N–H and O–H groups in total. The number of fused-ring (bicyclic) bond motifs is 1. The monoisotopic (exact) mass is 462 g/mol. The molecule has 6 rings (SSSR count). The summed E-state index contributed by atoms with van der Waals surface area (Å²) in [5, 5.41) is 4.50. The normalized spacial score (nSPS) is 20.7. The third-order valence-electron chi connectivity index (χ3n) is 6.71.